The summed E-state index contributed by atoms with van der Waals surface area (Å²) in [6, 6.07) is 3.55. The van der Waals surface area contributed by atoms with Gasteiger partial charge in [0, 0.05) is 0 Å². The van der Waals surface area contributed by atoms with E-state index < -0.39 is 0 Å². The van der Waals surface area contributed by atoms with Crippen molar-refractivity contribution in [2.24, 2.45) is 0 Å². The fraction of sp³-hybridized carbons (Fsp3) is 0.500. The van der Waals surface area contributed by atoms with Crippen molar-refractivity contribution in [3.63, 3.8) is 0 Å². The Balaban J connectivity index is 2.50. The Morgan fingerprint density at radius 1 is 1.57 bits per heavy atom. The summed E-state index contributed by atoms with van der Waals surface area (Å²) in [5.74, 6) is 0.151. The van der Waals surface area contributed by atoms with Gasteiger partial charge in [0.05, 0.1) is 15.8 Å². The third kappa shape index (κ3) is 3.40. The number of carbonyl (C=O) groups excluding carboxylic acids is 1. The van der Waals surface area contributed by atoms with Gasteiger partial charge in [0.25, 0.3) is 0 Å². The molecule has 1 aromatic heterocycles. The van der Waals surface area contributed by atoms with Gasteiger partial charge in [-0.05, 0) is 32.1 Å². The molecule has 14 heavy (non-hydrogen) atoms. The van der Waals surface area contributed by atoms with Crippen LogP contribution in [0.2, 0.25) is 4.34 Å². The Morgan fingerprint density at radius 3 is 2.79 bits per heavy atom. The lowest BCUT2D eigenvalue weighted by Gasteiger charge is -2.13. The second-order valence-electron chi connectivity index (χ2n) is 3.26. The Morgan fingerprint density at radius 2 is 2.29 bits per heavy atom. The maximum atomic E-state index is 11.7. The largest absolute Gasteiger partial charge is 0.299 e. The number of thiophene rings is 1. The van der Waals surface area contributed by atoms with Crippen molar-refractivity contribution >= 4 is 28.7 Å². The van der Waals surface area contributed by atoms with Gasteiger partial charge in [0.2, 0.25) is 0 Å². The lowest BCUT2D eigenvalue weighted by atomic mass is 10.3. The van der Waals surface area contributed by atoms with Crippen LogP contribution in [-0.4, -0.2) is 30.8 Å². The first-order valence-electron chi connectivity index (χ1n) is 4.60. The summed E-state index contributed by atoms with van der Waals surface area (Å²) in [6.07, 6.45) is 1.06. The summed E-state index contributed by atoms with van der Waals surface area (Å²) in [5.41, 5.74) is 0. The van der Waals surface area contributed by atoms with E-state index in [0.717, 1.165) is 17.8 Å². The Labute approximate surface area is 93.5 Å². The smallest absolute Gasteiger partial charge is 0.186 e. The van der Waals surface area contributed by atoms with Crippen LogP contribution in [0.3, 0.4) is 0 Å². The Bertz CT molecular complexity index is 311. The minimum Gasteiger partial charge on any atom is -0.299 e. The van der Waals surface area contributed by atoms with Gasteiger partial charge in [-0.2, -0.15) is 0 Å². The van der Waals surface area contributed by atoms with Gasteiger partial charge in [-0.25, -0.2) is 0 Å². The summed E-state index contributed by atoms with van der Waals surface area (Å²) in [5, 5.41) is 0. The second kappa shape index (κ2) is 5.49. The van der Waals surface area contributed by atoms with E-state index in [-0.39, 0.29) is 5.78 Å². The van der Waals surface area contributed by atoms with Gasteiger partial charge in [-0.1, -0.05) is 18.5 Å². The number of rotatable bonds is 5. The van der Waals surface area contributed by atoms with E-state index in [0.29, 0.717) is 10.9 Å². The van der Waals surface area contributed by atoms with Gasteiger partial charge in [0.1, 0.15) is 0 Å². The van der Waals surface area contributed by atoms with Gasteiger partial charge in [-0.15, -0.1) is 11.3 Å². The summed E-state index contributed by atoms with van der Waals surface area (Å²) < 4.78 is 0.673. The molecule has 0 bridgehead atoms. The first-order valence-corrected chi connectivity index (χ1v) is 5.80. The van der Waals surface area contributed by atoms with E-state index in [1.54, 1.807) is 12.1 Å². The molecule has 0 aliphatic carbocycles. The topological polar surface area (TPSA) is 20.3 Å². The Kier molecular flexibility index (Phi) is 4.58. The quantitative estimate of drug-likeness (QED) is 0.727. The third-order valence-electron chi connectivity index (χ3n) is 1.87. The van der Waals surface area contributed by atoms with E-state index in [2.05, 4.69) is 6.92 Å². The van der Waals surface area contributed by atoms with E-state index in [4.69, 9.17) is 11.6 Å². The predicted molar refractivity (Wildman–Crippen MR) is 61.4 cm³/mol. The van der Waals surface area contributed by atoms with Crippen molar-refractivity contribution in [2.75, 3.05) is 20.1 Å². The first kappa shape index (κ1) is 11.7. The first-order chi connectivity index (χ1) is 6.63. The summed E-state index contributed by atoms with van der Waals surface area (Å²) in [4.78, 5) is 14.4. The number of Topliss-reactive ketones (excluding diaryl/α,β-unsaturated/α-hetero) is 1. The number of hydrogen-bond donors (Lipinski definition) is 0. The molecule has 1 heterocycles. The highest BCUT2D eigenvalue weighted by Crippen LogP contribution is 2.21. The van der Waals surface area contributed by atoms with Crippen LogP contribution in [0.25, 0.3) is 0 Å². The summed E-state index contributed by atoms with van der Waals surface area (Å²) >= 11 is 7.10. The van der Waals surface area contributed by atoms with E-state index >= 15 is 0 Å². The molecule has 0 aliphatic rings. The molecular formula is C10H14ClNOS. The van der Waals surface area contributed by atoms with Gasteiger partial charge in [-0.3, -0.25) is 9.69 Å². The molecule has 0 amide bonds. The van der Waals surface area contributed by atoms with Gasteiger partial charge < -0.3 is 0 Å². The number of carbonyl (C=O) groups is 1. The van der Waals surface area contributed by atoms with E-state index in [1.165, 1.54) is 11.3 Å². The lowest BCUT2D eigenvalue weighted by Crippen LogP contribution is -2.26. The maximum absolute atomic E-state index is 11.7. The summed E-state index contributed by atoms with van der Waals surface area (Å²) in [6.45, 7) is 3.53. The highest BCUT2D eigenvalue weighted by atomic mass is 35.5. The van der Waals surface area contributed by atoms with E-state index in [9.17, 15) is 4.79 Å². The molecule has 4 heteroatoms. The molecular weight excluding hydrogens is 218 g/mol. The Hall–Kier alpha value is -0.380. The van der Waals surface area contributed by atoms with Crippen LogP contribution in [0.4, 0.5) is 0 Å². The van der Waals surface area contributed by atoms with Crippen molar-refractivity contribution in [2.45, 2.75) is 13.3 Å². The number of hydrogen-bond acceptors (Lipinski definition) is 3. The molecule has 0 unspecified atom stereocenters. The average Bonchev–Trinajstić information content (AvgIpc) is 2.52. The van der Waals surface area contributed by atoms with Crippen molar-refractivity contribution in [1.29, 1.82) is 0 Å². The van der Waals surface area contributed by atoms with Crippen LogP contribution in [0, 0.1) is 0 Å². The molecule has 0 radical (unpaired) electrons. The van der Waals surface area contributed by atoms with Crippen LogP contribution < -0.4 is 0 Å². The normalized spacial score (nSPS) is 10.9. The van der Waals surface area contributed by atoms with Crippen molar-refractivity contribution in [3.8, 4) is 0 Å². The predicted octanol–water partition coefficient (Wildman–Crippen LogP) is 2.93. The molecule has 2 nitrogen and oxygen atoms in total. The monoisotopic (exact) mass is 231 g/mol. The summed E-state index contributed by atoms with van der Waals surface area (Å²) in [7, 11) is 1.95. The van der Waals surface area contributed by atoms with Crippen LogP contribution in [0.1, 0.15) is 23.0 Å². The minimum atomic E-state index is 0.151. The number of ketones is 1. The van der Waals surface area contributed by atoms with Crippen molar-refractivity contribution in [3.05, 3.63) is 21.3 Å². The molecule has 0 saturated heterocycles. The number of likely N-dealkylation sites (N-methyl/N-ethyl adjacent to an activating group) is 1. The zero-order valence-electron chi connectivity index (χ0n) is 8.42. The average molecular weight is 232 g/mol. The molecule has 0 saturated carbocycles. The van der Waals surface area contributed by atoms with E-state index in [1.807, 2.05) is 11.9 Å². The number of nitrogens with zero attached hydrogens (tertiary/aromatic N) is 1. The second-order valence-corrected chi connectivity index (χ2v) is 4.98. The molecule has 0 spiro atoms. The minimum absolute atomic E-state index is 0.151. The molecule has 0 aliphatic heterocycles. The standard InChI is InChI=1S/C10H14ClNOS/c1-3-6-12(2)7-8(13)9-4-5-10(11)14-9/h4-5H,3,6-7H2,1-2H3. The van der Waals surface area contributed by atoms with Gasteiger partial charge in [0.15, 0.2) is 5.78 Å². The molecule has 0 N–H and O–H groups in total. The molecule has 0 fully saturated rings. The van der Waals surface area contributed by atoms with Crippen LogP contribution >= 0.6 is 22.9 Å². The van der Waals surface area contributed by atoms with Crippen LogP contribution in [0.15, 0.2) is 12.1 Å². The van der Waals surface area contributed by atoms with Crippen LogP contribution in [-0.2, 0) is 0 Å². The zero-order valence-corrected chi connectivity index (χ0v) is 9.99. The fourth-order valence-electron chi connectivity index (χ4n) is 1.25. The molecule has 1 aromatic rings. The SMILES string of the molecule is CCCN(C)CC(=O)c1ccc(Cl)s1. The lowest BCUT2D eigenvalue weighted by molar-refractivity contribution is 0.0950. The van der Waals surface area contributed by atoms with Gasteiger partial charge >= 0.3 is 0 Å². The number of halogens is 1. The molecule has 78 valence electrons. The van der Waals surface area contributed by atoms with Crippen molar-refractivity contribution in [1.82, 2.24) is 4.90 Å². The van der Waals surface area contributed by atoms with Crippen molar-refractivity contribution < 1.29 is 4.79 Å². The zero-order chi connectivity index (χ0) is 10.6. The fourth-order valence-corrected chi connectivity index (χ4v) is 2.22. The maximum Gasteiger partial charge on any atom is 0.186 e. The highest BCUT2D eigenvalue weighted by molar-refractivity contribution is 7.18. The molecule has 0 aromatic carbocycles. The molecule has 1 rings (SSSR count). The van der Waals surface area contributed by atoms with Crippen LogP contribution in [0.5, 0.6) is 0 Å². The molecule has 0 atom stereocenters. The highest BCUT2D eigenvalue weighted by Gasteiger charge is 2.10. The third-order valence-corrected chi connectivity index (χ3v) is 3.14.